The average Bonchev–Trinajstić information content (AvgIpc) is 3.28. The van der Waals surface area contributed by atoms with Crippen molar-refractivity contribution in [3.8, 4) is 0 Å². The number of esters is 3. The molecular weight excluding hydrogens is 781 g/mol. The van der Waals surface area contributed by atoms with E-state index in [4.69, 9.17) is 14.2 Å². The molecule has 0 aromatic heterocycles. The molecule has 0 spiro atoms. The van der Waals surface area contributed by atoms with Gasteiger partial charge in [0.05, 0.1) is 0 Å². The predicted molar refractivity (Wildman–Crippen MR) is 270 cm³/mol. The van der Waals surface area contributed by atoms with Crippen LogP contribution in [0.4, 0.5) is 0 Å². The number of rotatable bonds is 49. The van der Waals surface area contributed by atoms with E-state index in [1.807, 2.05) is 0 Å². The predicted octanol–water partition coefficient (Wildman–Crippen LogP) is 17.9. The average molecular weight is 883 g/mol. The van der Waals surface area contributed by atoms with Gasteiger partial charge in [0.2, 0.25) is 0 Å². The Balaban J connectivity index is 4.41. The lowest BCUT2D eigenvalue weighted by Gasteiger charge is -2.18. The fourth-order valence-corrected chi connectivity index (χ4v) is 7.72. The molecule has 0 saturated carbocycles. The summed E-state index contributed by atoms with van der Waals surface area (Å²) in [6.07, 6.45) is 62.4. The summed E-state index contributed by atoms with van der Waals surface area (Å²) in [5, 5.41) is 0. The largest absolute Gasteiger partial charge is 0.462 e. The van der Waals surface area contributed by atoms with Gasteiger partial charge in [-0.25, -0.2) is 0 Å². The molecule has 0 bridgehead atoms. The van der Waals surface area contributed by atoms with Crippen molar-refractivity contribution in [1.29, 1.82) is 0 Å². The van der Waals surface area contributed by atoms with Gasteiger partial charge >= 0.3 is 17.9 Å². The van der Waals surface area contributed by atoms with Gasteiger partial charge in [-0.2, -0.15) is 0 Å². The van der Waals surface area contributed by atoms with Crippen LogP contribution in [-0.2, 0) is 28.6 Å². The van der Waals surface area contributed by atoms with Crippen LogP contribution in [0.3, 0.4) is 0 Å². The fourth-order valence-electron chi connectivity index (χ4n) is 7.72. The summed E-state index contributed by atoms with van der Waals surface area (Å²) >= 11 is 0. The molecular formula is C57H102O6. The smallest absolute Gasteiger partial charge is 0.306 e. The Morgan fingerprint density at radius 1 is 0.317 bits per heavy atom. The Morgan fingerprint density at radius 3 is 0.857 bits per heavy atom. The van der Waals surface area contributed by atoms with Crippen LogP contribution in [0.15, 0.2) is 48.6 Å². The third-order valence-corrected chi connectivity index (χ3v) is 11.9. The highest BCUT2D eigenvalue weighted by molar-refractivity contribution is 5.71. The summed E-state index contributed by atoms with van der Waals surface area (Å²) < 4.78 is 16.8. The maximum atomic E-state index is 12.8. The van der Waals surface area contributed by atoms with Gasteiger partial charge < -0.3 is 14.2 Å². The second-order valence-corrected chi connectivity index (χ2v) is 18.2. The molecule has 0 amide bonds. The molecule has 1 unspecified atom stereocenters. The molecule has 63 heavy (non-hydrogen) atoms. The molecule has 0 aromatic carbocycles. The van der Waals surface area contributed by atoms with Gasteiger partial charge in [0, 0.05) is 19.3 Å². The van der Waals surface area contributed by atoms with E-state index in [9.17, 15) is 14.4 Å². The molecule has 1 atom stereocenters. The Labute approximate surface area is 390 Å². The zero-order valence-electron chi connectivity index (χ0n) is 41.8. The summed E-state index contributed by atoms with van der Waals surface area (Å²) in [7, 11) is 0. The van der Waals surface area contributed by atoms with Gasteiger partial charge in [-0.05, 0) is 70.6 Å². The second kappa shape index (κ2) is 52.0. The first kappa shape index (κ1) is 60.4. The van der Waals surface area contributed by atoms with E-state index in [0.29, 0.717) is 19.3 Å². The number of carbonyl (C=O) groups excluding carboxylic acids is 3. The van der Waals surface area contributed by atoms with Crippen molar-refractivity contribution in [3.63, 3.8) is 0 Å². The summed E-state index contributed by atoms with van der Waals surface area (Å²) in [5.41, 5.74) is 0. The lowest BCUT2D eigenvalue weighted by Crippen LogP contribution is -2.30. The summed E-state index contributed by atoms with van der Waals surface area (Å²) in [6.45, 7) is 6.60. The van der Waals surface area contributed by atoms with Crippen LogP contribution in [0.25, 0.3) is 0 Å². The first-order valence-corrected chi connectivity index (χ1v) is 27.2. The zero-order valence-corrected chi connectivity index (χ0v) is 41.8. The third-order valence-electron chi connectivity index (χ3n) is 11.9. The summed E-state index contributed by atoms with van der Waals surface area (Å²) in [4.78, 5) is 38.0. The van der Waals surface area contributed by atoms with Crippen molar-refractivity contribution in [2.45, 2.75) is 284 Å². The van der Waals surface area contributed by atoms with Crippen molar-refractivity contribution in [3.05, 3.63) is 48.6 Å². The highest BCUT2D eigenvalue weighted by Gasteiger charge is 2.19. The maximum absolute atomic E-state index is 12.8. The molecule has 0 aliphatic carbocycles. The summed E-state index contributed by atoms with van der Waals surface area (Å²) in [5.74, 6) is -0.921. The van der Waals surface area contributed by atoms with Gasteiger partial charge in [0.25, 0.3) is 0 Å². The number of hydrogen-bond donors (Lipinski definition) is 0. The van der Waals surface area contributed by atoms with Crippen LogP contribution >= 0.6 is 0 Å². The summed E-state index contributed by atoms with van der Waals surface area (Å²) in [6, 6.07) is 0. The first-order valence-electron chi connectivity index (χ1n) is 27.2. The Bertz CT molecular complexity index is 1110. The number of carbonyl (C=O) groups is 3. The van der Waals surface area contributed by atoms with E-state index in [-0.39, 0.29) is 31.1 Å². The van der Waals surface area contributed by atoms with Gasteiger partial charge in [-0.3, -0.25) is 14.4 Å². The van der Waals surface area contributed by atoms with Gasteiger partial charge in [0.1, 0.15) is 13.2 Å². The molecule has 0 heterocycles. The van der Waals surface area contributed by atoms with E-state index in [1.54, 1.807) is 0 Å². The van der Waals surface area contributed by atoms with Crippen molar-refractivity contribution in [2.24, 2.45) is 0 Å². The maximum Gasteiger partial charge on any atom is 0.306 e. The number of allylic oxidation sites excluding steroid dienone is 8. The normalized spacial score (nSPS) is 12.4. The SMILES string of the molecule is CCCCCCCCC/C=C\C=C/CCCCCCCC(=O)OCC(COC(=O)CCCCCCCCCCCCC)OC(=O)CCCCC/C=C\C=C/CCCCCCCCC. The highest BCUT2D eigenvalue weighted by atomic mass is 16.6. The van der Waals surface area contributed by atoms with Crippen LogP contribution in [0, 0.1) is 0 Å². The van der Waals surface area contributed by atoms with Crippen molar-refractivity contribution in [2.75, 3.05) is 13.2 Å². The third kappa shape index (κ3) is 50.2. The lowest BCUT2D eigenvalue weighted by atomic mass is 10.1. The Kier molecular flexibility index (Phi) is 49.8. The van der Waals surface area contributed by atoms with Gasteiger partial charge in [-0.1, -0.05) is 236 Å². The Hall–Kier alpha value is -2.63. The molecule has 0 rings (SSSR count). The number of hydrogen-bond acceptors (Lipinski definition) is 6. The Morgan fingerprint density at radius 2 is 0.556 bits per heavy atom. The molecule has 0 radical (unpaired) electrons. The lowest BCUT2D eigenvalue weighted by molar-refractivity contribution is -0.167. The molecule has 0 N–H and O–H groups in total. The molecule has 366 valence electrons. The van der Waals surface area contributed by atoms with Crippen LogP contribution in [0.2, 0.25) is 0 Å². The van der Waals surface area contributed by atoms with Gasteiger partial charge in [-0.15, -0.1) is 0 Å². The van der Waals surface area contributed by atoms with Crippen molar-refractivity contribution < 1.29 is 28.6 Å². The van der Waals surface area contributed by atoms with E-state index in [1.165, 1.54) is 148 Å². The fraction of sp³-hybridized carbons (Fsp3) is 0.807. The van der Waals surface area contributed by atoms with Gasteiger partial charge in [0.15, 0.2) is 6.10 Å². The zero-order chi connectivity index (χ0) is 45.8. The second-order valence-electron chi connectivity index (χ2n) is 18.2. The molecule has 6 nitrogen and oxygen atoms in total. The minimum atomic E-state index is -0.790. The minimum absolute atomic E-state index is 0.0867. The van der Waals surface area contributed by atoms with E-state index >= 15 is 0 Å². The number of unbranched alkanes of at least 4 members (excludes halogenated alkanes) is 32. The highest BCUT2D eigenvalue weighted by Crippen LogP contribution is 2.15. The monoisotopic (exact) mass is 883 g/mol. The van der Waals surface area contributed by atoms with Crippen LogP contribution < -0.4 is 0 Å². The minimum Gasteiger partial charge on any atom is -0.462 e. The molecule has 0 aliphatic heterocycles. The van der Waals surface area contributed by atoms with Crippen LogP contribution in [0.5, 0.6) is 0 Å². The molecule has 6 heteroatoms. The quantitative estimate of drug-likeness (QED) is 0.0262. The van der Waals surface area contributed by atoms with Crippen LogP contribution in [0.1, 0.15) is 278 Å². The first-order chi connectivity index (χ1) is 31.0. The molecule has 0 aromatic rings. The van der Waals surface area contributed by atoms with Crippen molar-refractivity contribution in [1.82, 2.24) is 0 Å². The molecule has 0 fully saturated rings. The van der Waals surface area contributed by atoms with E-state index < -0.39 is 6.10 Å². The standard InChI is InChI=1S/C57H102O6/c1-4-7-10-13-16-19-22-24-26-28-29-31-32-35-38-41-44-47-50-56(59)62-53-54(52-61-55(58)49-46-43-40-37-34-21-18-15-12-9-6-3)63-57(60)51-48-45-42-39-36-33-30-27-25-23-20-17-14-11-8-5-2/h26-31,33,36,54H,4-25,32,34-35,37-53H2,1-3H3/b28-26-,30-27-,31-29-,36-33-. The topological polar surface area (TPSA) is 78.9 Å². The number of ether oxygens (including phenoxy) is 3. The van der Waals surface area contributed by atoms with Crippen LogP contribution in [-0.4, -0.2) is 37.2 Å². The molecule has 0 aliphatic rings. The van der Waals surface area contributed by atoms with E-state index in [2.05, 4.69) is 69.4 Å². The van der Waals surface area contributed by atoms with Crippen molar-refractivity contribution >= 4 is 17.9 Å². The van der Waals surface area contributed by atoms with E-state index in [0.717, 1.165) is 89.9 Å². The molecule has 0 saturated heterocycles.